The predicted octanol–water partition coefficient (Wildman–Crippen LogP) is 29.5. The van der Waals surface area contributed by atoms with Gasteiger partial charge in [-0.25, -0.2) is 0 Å². The molecular formula is C103H72. The van der Waals surface area contributed by atoms with Crippen molar-refractivity contribution >= 4 is 172 Å². The Balaban J connectivity index is 0.0000000892. The van der Waals surface area contributed by atoms with E-state index in [9.17, 15) is 0 Å². The van der Waals surface area contributed by atoms with E-state index in [0.29, 0.717) is 0 Å². The molecule has 0 aromatic heterocycles. The van der Waals surface area contributed by atoms with Crippen molar-refractivity contribution in [2.45, 2.75) is 34.6 Å². The van der Waals surface area contributed by atoms with E-state index >= 15 is 0 Å². The van der Waals surface area contributed by atoms with Crippen LogP contribution in [0.1, 0.15) is 27.8 Å². The SMILES string of the molecule is Cc1c2ccccc2cc2c3ccccc3c3ccccc3c12.Cc1ccc2c3c(cccc13)-c1ccccc1-2.Cc1ccc2c3cccc4cccc(c5cccc1c52)c43.Cc1ccc2c3ccccc3c3ccccc3c2c1.Cc1cccc2cc3c4ccccc4c4ccccc4c3cc12. The van der Waals surface area contributed by atoms with Crippen LogP contribution < -0.4 is 0 Å². The van der Waals surface area contributed by atoms with E-state index in [-0.39, 0.29) is 0 Å². The molecule has 0 unspecified atom stereocenters. The van der Waals surface area contributed by atoms with E-state index in [2.05, 4.69) is 380 Å². The summed E-state index contributed by atoms with van der Waals surface area (Å²) in [6.45, 7) is 11.0. The first-order valence-electron chi connectivity index (χ1n) is 36.1. The number of benzene rings is 22. The van der Waals surface area contributed by atoms with Gasteiger partial charge in [0.1, 0.15) is 0 Å². The van der Waals surface area contributed by atoms with E-state index in [1.165, 1.54) is 222 Å². The van der Waals surface area contributed by atoms with E-state index in [4.69, 9.17) is 0 Å². The Morgan fingerprint density at radius 1 is 0.136 bits per heavy atom. The Morgan fingerprint density at radius 2 is 0.437 bits per heavy atom. The maximum absolute atomic E-state index is 2.37. The molecule has 23 rings (SSSR count). The molecule has 1 aliphatic carbocycles. The van der Waals surface area contributed by atoms with Crippen LogP contribution in [0, 0.1) is 34.6 Å². The number of aryl methyl sites for hydroxylation is 5. The number of hydrogen-bond acceptors (Lipinski definition) is 0. The fraction of sp³-hybridized carbons (Fsp3) is 0.0485. The fourth-order valence-electron chi connectivity index (χ4n) is 17.6. The highest BCUT2D eigenvalue weighted by molar-refractivity contribution is 6.34. The average molecular weight is 1310 g/mol. The van der Waals surface area contributed by atoms with E-state index in [1.807, 2.05) is 0 Å². The molecule has 0 bridgehead atoms. The highest BCUT2D eigenvalue weighted by atomic mass is 14.2. The zero-order chi connectivity index (χ0) is 69.0. The molecule has 0 saturated heterocycles. The van der Waals surface area contributed by atoms with Crippen molar-refractivity contribution in [2.24, 2.45) is 0 Å². The van der Waals surface area contributed by atoms with Gasteiger partial charge in [-0.2, -0.15) is 0 Å². The molecule has 103 heavy (non-hydrogen) atoms. The molecule has 0 aliphatic heterocycles. The molecule has 22 aromatic carbocycles. The number of fused-ring (bicyclic) bond motifs is 25. The van der Waals surface area contributed by atoms with E-state index < -0.39 is 0 Å². The van der Waals surface area contributed by atoms with Gasteiger partial charge < -0.3 is 0 Å². The zero-order valence-electron chi connectivity index (χ0n) is 58.4. The van der Waals surface area contributed by atoms with Crippen molar-refractivity contribution in [3.8, 4) is 22.3 Å². The third-order valence-corrected chi connectivity index (χ3v) is 22.4. The van der Waals surface area contributed by atoms with Crippen LogP contribution in [0.4, 0.5) is 0 Å². The van der Waals surface area contributed by atoms with Crippen LogP contribution in [0.15, 0.2) is 346 Å². The van der Waals surface area contributed by atoms with Crippen molar-refractivity contribution in [2.75, 3.05) is 0 Å². The van der Waals surface area contributed by atoms with E-state index in [1.54, 1.807) is 0 Å². The van der Waals surface area contributed by atoms with Crippen molar-refractivity contribution in [1.29, 1.82) is 0 Å². The Hall–Kier alpha value is -12.7. The van der Waals surface area contributed by atoms with E-state index in [0.717, 1.165) is 0 Å². The summed E-state index contributed by atoms with van der Waals surface area (Å²) in [4.78, 5) is 0. The quantitative estimate of drug-likeness (QED) is 0.105. The molecule has 22 aromatic rings. The first-order valence-corrected chi connectivity index (χ1v) is 36.1. The second-order valence-electron chi connectivity index (χ2n) is 28.2. The lowest BCUT2D eigenvalue weighted by molar-refractivity contribution is 1.51. The van der Waals surface area contributed by atoms with Gasteiger partial charge in [-0.3, -0.25) is 0 Å². The van der Waals surface area contributed by atoms with Gasteiger partial charge in [0, 0.05) is 0 Å². The summed E-state index contributed by atoms with van der Waals surface area (Å²) < 4.78 is 0. The third kappa shape index (κ3) is 10.0. The monoisotopic (exact) mass is 1310 g/mol. The van der Waals surface area contributed by atoms with Gasteiger partial charge in [-0.1, -0.05) is 333 Å². The van der Waals surface area contributed by atoms with Gasteiger partial charge in [-0.05, 0) is 270 Å². The highest BCUT2D eigenvalue weighted by Crippen LogP contribution is 2.49. The van der Waals surface area contributed by atoms with Crippen LogP contribution >= 0.6 is 0 Å². The van der Waals surface area contributed by atoms with Crippen LogP contribution in [0.25, 0.3) is 195 Å². The fourth-order valence-corrected chi connectivity index (χ4v) is 17.6. The highest BCUT2D eigenvalue weighted by Gasteiger charge is 2.22. The van der Waals surface area contributed by atoms with Crippen molar-refractivity contribution in [3.63, 3.8) is 0 Å². The average Bonchev–Trinajstić information content (AvgIpc) is 1.23. The standard InChI is InChI=1S/2C23H16.C21H14.C19H14.C17H12/c1-15-7-6-8-16-13-22-19-11-4-2-9-17(19)18-10-3-5-12-20(18)23(22)14-21(15)16;1-15-17-9-3-2-8-16(17)14-22-20-12-5-4-10-18(20)19-11-6-7-13-21(19)23(15)22;1-13-11-12-19-17-9-3-6-14-5-2-8-16(20(14)17)18-10-4-7-15(13)21(18)19;1-13-10-11-18-16-8-3-2-6-14(16)15-7-4-5-9-17(15)19(18)12-13;1-11-9-10-16-14-6-3-2-5-13(14)15-8-4-7-12(11)17(15)16/h2*2-14H,1H3;2-12H,1H3;2-12H,1H3;2-10H,1H3. The van der Waals surface area contributed by atoms with Gasteiger partial charge in [0.2, 0.25) is 0 Å². The molecule has 0 heteroatoms. The van der Waals surface area contributed by atoms with Gasteiger partial charge in [-0.15, -0.1) is 0 Å². The van der Waals surface area contributed by atoms with Crippen LogP contribution in [0.5, 0.6) is 0 Å². The summed E-state index contributed by atoms with van der Waals surface area (Å²) in [7, 11) is 0. The lowest BCUT2D eigenvalue weighted by atomic mass is 9.89. The van der Waals surface area contributed by atoms with Crippen molar-refractivity contribution in [3.05, 3.63) is 374 Å². The lowest BCUT2D eigenvalue weighted by Gasteiger charge is -2.15. The molecule has 0 saturated carbocycles. The molecule has 0 radical (unpaired) electrons. The molecule has 484 valence electrons. The molecule has 1 aliphatic rings. The molecule has 0 spiro atoms. The summed E-state index contributed by atoms with van der Waals surface area (Å²) in [6, 6.07) is 126. The predicted molar refractivity (Wildman–Crippen MR) is 452 cm³/mol. The summed E-state index contributed by atoms with van der Waals surface area (Å²) in [6.07, 6.45) is 0. The van der Waals surface area contributed by atoms with Crippen LogP contribution in [-0.4, -0.2) is 0 Å². The summed E-state index contributed by atoms with van der Waals surface area (Å²) in [5.74, 6) is 0. The van der Waals surface area contributed by atoms with Crippen LogP contribution in [0.3, 0.4) is 0 Å². The van der Waals surface area contributed by atoms with Crippen LogP contribution in [-0.2, 0) is 0 Å². The molecule has 0 heterocycles. The summed E-state index contributed by atoms with van der Waals surface area (Å²) >= 11 is 0. The topological polar surface area (TPSA) is 0 Å². The third-order valence-electron chi connectivity index (χ3n) is 22.4. The molecule has 0 fully saturated rings. The minimum absolute atomic E-state index is 1.31. The molecule has 0 amide bonds. The van der Waals surface area contributed by atoms with Crippen molar-refractivity contribution < 1.29 is 0 Å². The molecular weight excluding hydrogens is 1240 g/mol. The Morgan fingerprint density at radius 3 is 1.01 bits per heavy atom. The largest absolute Gasteiger partial charge is 0.0616 e. The Kier molecular flexibility index (Phi) is 14.8. The Labute approximate surface area is 598 Å². The smallest absolute Gasteiger partial charge is 0.00237 e. The number of rotatable bonds is 0. The van der Waals surface area contributed by atoms with Gasteiger partial charge >= 0.3 is 0 Å². The normalized spacial score (nSPS) is 11.7. The summed E-state index contributed by atoms with van der Waals surface area (Å²) in [5, 5.41) is 43.4. The Bertz CT molecular complexity index is 7100. The summed E-state index contributed by atoms with van der Waals surface area (Å²) in [5.41, 5.74) is 12.3. The lowest BCUT2D eigenvalue weighted by Crippen LogP contribution is -1.88. The minimum atomic E-state index is 1.31. The molecule has 0 atom stereocenters. The zero-order valence-corrected chi connectivity index (χ0v) is 58.4. The minimum Gasteiger partial charge on any atom is -0.0616 e. The number of hydrogen-bond donors (Lipinski definition) is 0. The first kappa shape index (κ1) is 61.4. The van der Waals surface area contributed by atoms with Crippen LogP contribution in [0.2, 0.25) is 0 Å². The second-order valence-corrected chi connectivity index (χ2v) is 28.2. The van der Waals surface area contributed by atoms with Crippen molar-refractivity contribution in [1.82, 2.24) is 0 Å². The first-order chi connectivity index (χ1) is 50.7. The van der Waals surface area contributed by atoms with Gasteiger partial charge in [0.25, 0.3) is 0 Å². The van der Waals surface area contributed by atoms with Gasteiger partial charge in [0.15, 0.2) is 0 Å². The maximum atomic E-state index is 2.37. The van der Waals surface area contributed by atoms with Gasteiger partial charge in [0.05, 0.1) is 0 Å². The second kappa shape index (κ2) is 24.9. The molecule has 0 nitrogen and oxygen atoms in total. The maximum Gasteiger partial charge on any atom is -0.00237 e. The molecule has 0 N–H and O–H groups in total.